The van der Waals surface area contributed by atoms with Crippen LogP contribution in [-0.2, 0) is 9.59 Å². The maximum Gasteiger partial charge on any atom is 0.310 e. The summed E-state index contributed by atoms with van der Waals surface area (Å²) < 4.78 is 7.16. The molecule has 0 aliphatic carbocycles. The van der Waals surface area contributed by atoms with Crippen LogP contribution in [0.25, 0.3) is 10.2 Å². The van der Waals surface area contributed by atoms with Gasteiger partial charge in [0.1, 0.15) is 12.2 Å². The number of hydrogen-bond donors (Lipinski definition) is 1. The Morgan fingerprint density at radius 1 is 1.45 bits per heavy atom. The topological polar surface area (TPSA) is 76.5 Å². The fourth-order valence-corrected chi connectivity index (χ4v) is 3.52. The number of aliphatic carboxylic acids is 1. The Kier molecular flexibility index (Phi) is 4.97. The van der Waals surface area contributed by atoms with Crippen LogP contribution in [0.3, 0.4) is 0 Å². The Balaban J connectivity index is 2.04. The van der Waals surface area contributed by atoms with Crippen molar-refractivity contribution in [3.63, 3.8) is 0 Å². The van der Waals surface area contributed by atoms with E-state index in [0.29, 0.717) is 6.61 Å². The molecule has 20 heavy (non-hydrogen) atoms. The second-order valence-electron chi connectivity index (χ2n) is 3.94. The first kappa shape index (κ1) is 14.8. The van der Waals surface area contributed by atoms with Crippen LogP contribution in [0.15, 0.2) is 22.5 Å². The molecule has 0 spiro atoms. The highest BCUT2D eigenvalue weighted by atomic mass is 32.2. The van der Waals surface area contributed by atoms with E-state index in [9.17, 15) is 9.59 Å². The smallest absolute Gasteiger partial charge is 0.310 e. The van der Waals surface area contributed by atoms with E-state index in [4.69, 9.17) is 9.84 Å². The van der Waals surface area contributed by atoms with Crippen LogP contribution in [0.4, 0.5) is 0 Å². The fourth-order valence-electron chi connectivity index (χ4n) is 1.56. The van der Waals surface area contributed by atoms with Crippen molar-refractivity contribution in [3.05, 3.63) is 18.2 Å². The summed E-state index contributed by atoms with van der Waals surface area (Å²) >= 11 is 2.74. The summed E-state index contributed by atoms with van der Waals surface area (Å²) in [7, 11) is 0. The predicted octanol–water partition coefficient (Wildman–Crippen LogP) is 2.83. The van der Waals surface area contributed by atoms with E-state index < -0.39 is 12.4 Å². The first-order chi connectivity index (χ1) is 9.58. The van der Waals surface area contributed by atoms with Gasteiger partial charge in [-0.2, -0.15) is 0 Å². The summed E-state index contributed by atoms with van der Waals surface area (Å²) in [5.41, 5.74) is 0.853. The van der Waals surface area contributed by atoms with Crippen molar-refractivity contribution < 1.29 is 19.4 Å². The lowest BCUT2D eigenvalue weighted by Gasteiger charge is -2.00. The number of fused-ring (bicyclic) bond motifs is 1. The molecule has 1 heterocycles. The first-order valence-electron chi connectivity index (χ1n) is 5.98. The summed E-state index contributed by atoms with van der Waals surface area (Å²) in [4.78, 5) is 26.1. The molecule has 0 amide bonds. The molecule has 0 fully saturated rings. The maximum atomic E-state index is 11.3. The van der Waals surface area contributed by atoms with E-state index in [1.54, 1.807) is 0 Å². The molecule has 1 aromatic carbocycles. The molecule has 0 radical (unpaired) electrons. The van der Waals surface area contributed by atoms with E-state index in [2.05, 4.69) is 4.98 Å². The van der Waals surface area contributed by atoms with Crippen LogP contribution < -0.4 is 4.74 Å². The van der Waals surface area contributed by atoms with Gasteiger partial charge in [-0.25, -0.2) is 4.98 Å². The van der Waals surface area contributed by atoms with Gasteiger partial charge in [-0.05, 0) is 25.1 Å². The highest BCUT2D eigenvalue weighted by Crippen LogP contribution is 2.31. The second kappa shape index (κ2) is 6.71. The summed E-state index contributed by atoms with van der Waals surface area (Å²) in [6.07, 6.45) is -0.438. The molecule has 2 rings (SSSR count). The number of carbonyl (C=O) groups excluding carboxylic acids is 1. The van der Waals surface area contributed by atoms with Gasteiger partial charge in [-0.1, -0.05) is 11.8 Å². The lowest BCUT2D eigenvalue weighted by Crippen LogP contribution is -2.08. The molecule has 2 aromatic rings. The normalized spacial score (nSPS) is 10.7. The lowest BCUT2D eigenvalue weighted by molar-refractivity contribution is -0.139. The summed E-state index contributed by atoms with van der Waals surface area (Å²) in [5.74, 6) is -0.482. The van der Waals surface area contributed by atoms with Crippen molar-refractivity contribution >= 4 is 45.1 Å². The average Bonchev–Trinajstić information content (AvgIpc) is 2.78. The van der Waals surface area contributed by atoms with Crippen molar-refractivity contribution in [1.29, 1.82) is 0 Å². The highest BCUT2D eigenvalue weighted by molar-refractivity contribution is 8.01. The SMILES string of the molecule is CCOc1ccc2nc(SCC(=O)CC(=O)O)sc2c1. The Morgan fingerprint density at radius 3 is 2.95 bits per heavy atom. The van der Waals surface area contributed by atoms with E-state index in [1.807, 2.05) is 25.1 Å². The highest BCUT2D eigenvalue weighted by Gasteiger charge is 2.11. The third-order valence-corrected chi connectivity index (χ3v) is 4.58. The molecule has 1 aromatic heterocycles. The largest absolute Gasteiger partial charge is 0.494 e. The third-order valence-electron chi connectivity index (χ3n) is 2.36. The number of ether oxygens (including phenoxy) is 1. The van der Waals surface area contributed by atoms with Crippen LogP contribution in [-0.4, -0.2) is 34.2 Å². The standard InChI is InChI=1S/C13H13NO4S2/c1-2-18-9-3-4-10-11(6-9)20-13(14-10)19-7-8(15)5-12(16)17/h3-4,6H,2,5,7H2,1H3,(H,16,17). The maximum absolute atomic E-state index is 11.3. The minimum atomic E-state index is -1.10. The number of hydrogen-bond acceptors (Lipinski definition) is 6. The van der Waals surface area contributed by atoms with Gasteiger partial charge in [-0.15, -0.1) is 11.3 Å². The molecule has 0 atom stereocenters. The van der Waals surface area contributed by atoms with Gasteiger partial charge >= 0.3 is 5.97 Å². The van der Waals surface area contributed by atoms with E-state index in [-0.39, 0.29) is 11.5 Å². The van der Waals surface area contributed by atoms with Gasteiger partial charge in [-0.3, -0.25) is 9.59 Å². The van der Waals surface area contributed by atoms with Gasteiger partial charge in [0, 0.05) is 0 Å². The van der Waals surface area contributed by atoms with Crippen molar-refractivity contribution in [2.45, 2.75) is 17.7 Å². The third kappa shape index (κ3) is 3.94. The van der Waals surface area contributed by atoms with E-state index in [1.165, 1.54) is 23.1 Å². The predicted molar refractivity (Wildman–Crippen MR) is 78.8 cm³/mol. The van der Waals surface area contributed by atoms with E-state index >= 15 is 0 Å². The molecule has 0 unspecified atom stereocenters. The zero-order valence-electron chi connectivity index (χ0n) is 10.8. The molecular formula is C13H13NO4S2. The van der Waals surface area contributed by atoms with Crippen molar-refractivity contribution in [3.8, 4) is 5.75 Å². The number of nitrogens with zero attached hydrogens (tertiary/aromatic N) is 1. The summed E-state index contributed by atoms with van der Waals surface area (Å²) in [5, 5.41) is 8.52. The molecule has 0 saturated heterocycles. The van der Waals surface area contributed by atoms with E-state index in [0.717, 1.165) is 20.3 Å². The van der Waals surface area contributed by atoms with Gasteiger partial charge in [0.05, 0.1) is 22.6 Å². The second-order valence-corrected chi connectivity index (χ2v) is 6.19. The zero-order chi connectivity index (χ0) is 14.5. The number of aromatic nitrogens is 1. The van der Waals surface area contributed by atoms with Crippen molar-refractivity contribution in [2.24, 2.45) is 0 Å². The molecule has 0 bridgehead atoms. The number of ketones is 1. The average molecular weight is 311 g/mol. The molecular weight excluding hydrogens is 298 g/mol. The molecule has 0 saturated carbocycles. The van der Waals surface area contributed by atoms with Gasteiger partial charge in [0.15, 0.2) is 10.1 Å². The molecule has 7 heteroatoms. The van der Waals surface area contributed by atoms with Crippen LogP contribution in [0, 0.1) is 0 Å². The minimum absolute atomic E-state index is 0.129. The Bertz CT molecular complexity index is 638. The Labute approximate surface area is 124 Å². The number of thioether (sulfide) groups is 1. The number of Topliss-reactive ketones (excluding diaryl/α,β-unsaturated/α-hetero) is 1. The lowest BCUT2D eigenvalue weighted by atomic mass is 10.3. The monoisotopic (exact) mass is 311 g/mol. The summed E-state index contributed by atoms with van der Waals surface area (Å²) in [6.45, 7) is 2.53. The van der Waals surface area contributed by atoms with Crippen LogP contribution in [0.5, 0.6) is 5.75 Å². The molecule has 1 N–H and O–H groups in total. The fraction of sp³-hybridized carbons (Fsp3) is 0.308. The van der Waals surface area contributed by atoms with Gasteiger partial charge in [0.25, 0.3) is 0 Å². The number of carboxylic acids is 1. The number of carboxylic acid groups (broad SMARTS) is 1. The number of thiazole rings is 1. The minimum Gasteiger partial charge on any atom is -0.494 e. The van der Waals surface area contributed by atoms with Gasteiger partial charge < -0.3 is 9.84 Å². The van der Waals surface area contributed by atoms with Crippen molar-refractivity contribution in [2.75, 3.05) is 12.4 Å². The zero-order valence-corrected chi connectivity index (χ0v) is 12.4. The van der Waals surface area contributed by atoms with Gasteiger partial charge in [0.2, 0.25) is 0 Å². The quantitative estimate of drug-likeness (QED) is 0.626. The number of carbonyl (C=O) groups is 2. The molecule has 0 aliphatic heterocycles. The van der Waals surface area contributed by atoms with Crippen LogP contribution >= 0.6 is 23.1 Å². The van der Waals surface area contributed by atoms with Crippen LogP contribution in [0.2, 0.25) is 0 Å². The first-order valence-corrected chi connectivity index (χ1v) is 7.78. The number of rotatable bonds is 7. The number of benzene rings is 1. The van der Waals surface area contributed by atoms with Crippen LogP contribution in [0.1, 0.15) is 13.3 Å². The Morgan fingerprint density at radius 2 is 2.25 bits per heavy atom. The van der Waals surface area contributed by atoms with Crippen molar-refractivity contribution in [1.82, 2.24) is 4.98 Å². The molecule has 0 aliphatic rings. The summed E-state index contributed by atoms with van der Waals surface area (Å²) in [6, 6.07) is 5.65. The molecule has 5 nitrogen and oxygen atoms in total. The molecule has 106 valence electrons. The Hall–Kier alpha value is -1.60.